The van der Waals surface area contributed by atoms with Crippen molar-refractivity contribution in [3.63, 3.8) is 0 Å². The maximum Gasteiger partial charge on any atom is 0.276 e. The minimum absolute atomic E-state index is 0.0863. The number of morpholine rings is 1. The molecule has 38 heavy (non-hydrogen) atoms. The zero-order valence-electron chi connectivity index (χ0n) is 21.0. The van der Waals surface area contributed by atoms with Gasteiger partial charge in [-0.15, -0.1) is 0 Å². The number of aromatic nitrogens is 3. The zero-order valence-corrected chi connectivity index (χ0v) is 21.8. The summed E-state index contributed by atoms with van der Waals surface area (Å²) in [6, 6.07) is 9.34. The molecule has 1 amide bonds. The normalized spacial score (nSPS) is 14.7. The highest BCUT2D eigenvalue weighted by Crippen LogP contribution is 2.33. The van der Waals surface area contributed by atoms with Gasteiger partial charge in [0.1, 0.15) is 11.6 Å². The molecule has 9 nitrogen and oxygen atoms in total. The second-order valence-electron chi connectivity index (χ2n) is 9.07. The Bertz CT molecular complexity index is 1680. The molecule has 3 heterocycles. The molecule has 1 aliphatic rings. The fourth-order valence-corrected chi connectivity index (χ4v) is 6.14. The number of benzene rings is 2. The van der Waals surface area contributed by atoms with Gasteiger partial charge in [-0.1, -0.05) is 12.1 Å². The molecule has 0 saturated carbocycles. The minimum Gasteiger partial charge on any atom is -0.379 e. The summed E-state index contributed by atoms with van der Waals surface area (Å²) in [6.07, 6.45) is 0. The van der Waals surface area contributed by atoms with E-state index < -0.39 is 27.6 Å². The number of nitrogens with one attached hydrogen (secondary N) is 1. The first kappa shape index (κ1) is 25.9. The Morgan fingerprint density at radius 3 is 2.50 bits per heavy atom. The first-order chi connectivity index (χ1) is 18.1. The molecule has 0 radical (unpaired) electrons. The van der Waals surface area contributed by atoms with Crippen LogP contribution in [0, 0.1) is 32.4 Å². The molecule has 1 saturated heterocycles. The van der Waals surface area contributed by atoms with Gasteiger partial charge < -0.3 is 10.1 Å². The lowest BCUT2D eigenvalue weighted by molar-refractivity contribution is 0.0730. The third-order valence-electron chi connectivity index (χ3n) is 6.35. The quantitative estimate of drug-likeness (QED) is 0.411. The van der Waals surface area contributed by atoms with E-state index in [-0.39, 0.29) is 34.9 Å². The van der Waals surface area contributed by atoms with Gasteiger partial charge in [-0.2, -0.15) is 9.40 Å². The minimum atomic E-state index is -3.85. The average Bonchev–Trinajstić information content (AvgIpc) is 3.27. The third kappa shape index (κ3) is 4.66. The standard InChI is InChI=1S/C26H25F2N5O4S/c1-15-4-5-18(13-22(15)38(35,36)32-8-10-37-11-9-32)23-24(31-33-17(3)12-16(2)29-25(23)33)26(34)30-21-14-19(27)6-7-20(21)28/h4-7,12-14H,8-11H2,1-3H3,(H,30,34). The van der Waals surface area contributed by atoms with Gasteiger partial charge in [0.25, 0.3) is 5.91 Å². The molecule has 0 aliphatic carbocycles. The van der Waals surface area contributed by atoms with Gasteiger partial charge in [0, 0.05) is 30.5 Å². The summed E-state index contributed by atoms with van der Waals surface area (Å²) in [7, 11) is -3.85. The summed E-state index contributed by atoms with van der Waals surface area (Å²) in [5, 5.41) is 6.81. The first-order valence-electron chi connectivity index (χ1n) is 11.9. The van der Waals surface area contributed by atoms with E-state index in [4.69, 9.17) is 4.74 Å². The number of halogens is 2. The maximum atomic E-state index is 14.3. The summed E-state index contributed by atoms with van der Waals surface area (Å²) in [6.45, 7) is 6.33. The van der Waals surface area contributed by atoms with Crippen LogP contribution in [-0.4, -0.2) is 59.5 Å². The SMILES string of the molecule is Cc1cc(C)n2nc(C(=O)Nc3cc(F)ccc3F)c(-c3ccc(C)c(S(=O)(=O)N4CCOCC4)c3)c2n1. The van der Waals surface area contributed by atoms with Crippen molar-refractivity contribution in [3.8, 4) is 11.1 Å². The number of amides is 1. The van der Waals surface area contributed by atoms with Crippen molar-refractivity contribution in [1.82, 2.24) is 18.9 Å². The van der Waals surface area contributed by atoms with E-state index in [0.717, 1.165) is 18.2 Å². The molecule has 0 spiro atoms. The van der Waals surface area contributed by atoms with Gasteiger partial charge in [0.2, 0.25) is 10.0 Å². The zero-order chi connectivity index (χ0) is 27.2. The molecule has 1 N–H and O–H groups in total. The van der Waals surface area contributed by atoms with Crippen LogP contribution >= 0.6 is 0 Å². The lowest BCUT2D eigenvalue weighted by Gasteiger charge is -2.26. The van der Waals surface area contributed by atoms with Crippen LogP contribution in [0.3, 0.4) is 0 Å². The smallest absolute Gasteiger partial charge is 0.276 e. The fraction of sp³-hybridized carbons (Fsp3) is 0.269. The number of aryl methyl sites for hydroxylation is 3. The van der Waals surface area contributed by atoms with Crippen LogP contribution in [0.5, 0.6) is 0 Å². The molecule has 2 aromatic heterocycles. The lowest BCUT2D eigenvalue weighted by atomic mass is 10.0. The van der Waals surface area contributed by atoms with Crippen LogP contribution in [0.15, 0.2) is 47.4 Å². The van der Waals surface area contributed by atoms with E-state index >= 15 is 0 Å². The highest BCUT2D eigenvalue weighted by molar-refractivity contribution is 7.89. The molecule has 1 fully saturated rings. The fourth-order valence-electron chi connectivity index (χ4n) is 4.48. The molecule has 2 aromatic carbocycles. The molecular formula is C26H25F2N5O4S. The summed E-state index contributed by atoms with van der Waals surface area (Å²) in [4.78, 5) is 18.0. The van der Waals surface area contributed by atoms with E-state index in [2.05, 4.69) is 15.4 Å². The second-order valence-corrected chi connectivity index (χ2v) is 11.0. The predicted molar refractivity (Wildman–Crippen MR) is 137 cm³/mol. The van der Waals surface area contributed by atoms with Crippen molar-refractivity contribution in [2.24, 2.45) is 0 Å². The largest absolute Gasteiger partial charge is 0.379 e. The van der Waals surface area contributed by atoms with E-state index in [1.807, 2.05) is 0 Å². The highest BCUT2D eigenvalue weighted by Gasteiger charge is 2.30. The Morgan fingerprint density at radius 1 is 1.03 bits per heavy atom. The lowest BCUT2D eigenvalue weighted by Crippen LogP contribution is -2.40. The maximum absolute atomic E-state index is 14.3. The number of fused-ring (bicyclic) bond motifs is 1. The summed E-state index contributed by atoms with van der Waals surface area (Å²) < 4.78 is 63.2. The Hall–Kier alpha value is -3.74. The van der Waals surface area contributed by atoms with Gasteiger partial charge in [0.05, 0.1) is 29.4 Å². The molecule has 0 atom stereocenters. The van der Waals surface area contributed by atoms with Crippen LogP contribution in [-0.2, 0) is 14.8 Å². The van der Waals surface area contributed by atoms with Crippen molar-refractivity contribution >= 4 is 27.3 Å². The highest BCUT2D eigenvalue weighted by atomic mass is 32.2. The number of hydrogen-bond acceptors (Lipinski definition) is 6. The average molecular weight is 542 g/mol. The molecule has 12 heteroatoms. The van der Waals surface area contributed by atoms with Gasteiger partial charge in [-0.3, -0.25) is 4.79 Å². The molecule has 198 valence electrons. The van der Waals surface area contributed by atoms with Crippen LogP contribution in [0.25, 0.3) is 16.8 Å². The molecular weight excluding hydrogens is 516 g/mol. The van der Waals surface area contributed by atoms with E-state index in [1.165, 1.54) is 14.9 Å². The van der Waals surface area contributed by atoms with Gasteiger partial charge >= 0.3 is 0 Å². The number of rotatable bonds is 5. The van der Waals surface area contributed by atoms with Crippen LogP contribution in [0.1, 0.15) is 27.4 Å². The van der Waals surface area contributed by atoms with Crippen molar-refractivity contribution < 1.29 is 26.7 Å². The Morgan fingerprint density at radius 2 is 1.76 bits per heavy atom. The summed E-state index contributed by atoms with van der Waals surface area (Å²) >= 11 is 0. The first-order valence-corrected chi connectivity index (χ1v) is 13.3. The monoisotopic (exact) mass is 541 g/mol. The summed E-state index contributed by atoms with van der Waals surface area (Å²) in [5.74, 6) is -2.34. The van der Waals surface area contributed by atoms with E-state index in [1.54, 1.807) is 39.0 Å². The van der Waals surface area contributed by atoms with Crippen LogP contribution in [0.4, 0.5) is 14.5 Å². The predicted octanol–water partition coefficient (Wildman–Crippen LogP) is 3.87. The molecule has 5 rings (SSSR count). The molecule has 0 bridgehead atoms. The third-order valence-corrected chi connectivity index (χ3v) is 8.39. The van der Waals surface area contributed by atoms with Crippen molar-refractivity contribution in [2.75, 3.05) is 31.6 Å². The Kier molecular flexibility index (Phi) is 6.72. The van der Waals surface area contributed by atoms with Crippen molar-refractivity contribution in [1.29, 1.82) is 0 Å². The molecule has 4 aromatic rings. The van der Waals surface area contributed by atoms with Crippen LogP contribution < -0.4 is 5.32 Å². The number of nitrogens with zero attached hydrogens (tertiary/aromatic N) is 4. The van der Waals surface area contributed by atoms with Crippen molar-refractivity contribution in [3.05, 3.63) is 76.7 Å². The van der Waals surface area contributed by atoms with Gasteiger partial charge in [0.15, 0.2) is 11.3 Å². The van der Waals surface area contributed by atoms with Gasteiger partial charge in [-0.25, -0.2) is 26.7 Å². The number of hydrogen-bond donors (Lipinski definition) is 1. The van der Waals surface area contributed by atoms with E-state index in [0.29, 0.717) is 41.4 Å². The van der Waals surface area contributed by atoms with E-state index in [9.17, 15) is 22.0 Å². The van der Waals surface area contributed by atoms with Crippen molar-refractivity contribution in [2.45, 2.75) is 25.7 Å². The number of sulfonamides is 1. The number of carbonyl (C=O) groups excluding carboxylic acids is 1. The van der Waals surface area contributed by atoms with Gasteiger partial charge in [-0.05, 0) is 56.2 Å². The topological polar surface area (TPSA) is 106 Å². The summed E-state index contributed by atoms with van der Waals surface area (Å²) in [5.41, 5.74) is 2.39. The molecule has 0 unspecified atom stereocenters. The number of anilines is 1. The second kappa shape index (κ2) is 9.86. The number of carbonyl (C=O) groups is 1. The number of ether oxygens (including phenoxy) is 1. The Labute approximate surface area is 218 Å². The molecule has 1 aliphatic heterocycles. The Balaban J connectivity index is 1.68. The van der Waals surface area contributed by atoms with Crippen LogP contribution in [0.2, 0.25) is 0 Å².